The van der Waals surface area contributed by atoms with Crippen molar-refractivity contribution in [3.05, 3.63) is 25.2 Å². The average Bonchev–Trinajstić information content (AvgIpc) is 2.74. The number of unbranched alkanes of at least 4 members (excludes halogenated alkanes) is 22. The summed E-state index contributed by atoms with van der Waals surface area (Å²) in [5, 5.41) is 0. The standard InChI is InChI=1S/C28H54O/c1-3-5-6-7-8-9-10-11-12-13-14-15-16-17-18-19-20-21-22-23-24-25-26-27-28-29-4-2/h4,27-28H,2-3,5-26H2,1H3. The summed E-state index contributed by atoms with van der Waals surface area (Å²) in [5.74, 6) is 0. The van der Waals surface area contributed by atoms with E-state index in [0.29, 0.717) is 0 Å². The lowest BCUT2D eigenvalue weighted by atomic mass is 10.0. The summed E-state index contributed by atoms with van der Waals surface area (Å²) in [6, 6.07) is 0. The first-order chi connectivity index (χ1) is 14.4. The number of ether oxygens (including phenoxy) is 1. The van der Waals surface area contributed by atoms with E-state index in [2.05, 4.69) is 19.6 Å². The van der Waals surface area contributed by atoms with Crippen molar-refractivity contribution in [1.29, 1.82) is 0 Å². The van der Waals surface area contributed by atoms with Crippen LogP contribution in [0.25, 0.3) is 0 Å². The third-order valence-corrected chi connectivity index (χ3v) is 6.00. The largest absolute Gasteiger partial charge is 0.474 e. The van der Waals surface area contributed by atoms with Crippen molar-refractivity contribution in [3.8, 4) is 0 Å². The Morgan fingerprint density at radius 1 is 0.483 bits per heavy atom. The fourth-order valence-electron chi connectivity index (χ4n) is 4.05. The molecule has 0 saturated carbocycles. The molecule has 0 aromatic carbocycles. The van der Waals surface area contributed by atoms with Gasteiger partial charge >= 0.3 is 0 Å². The third-order valence-electron chi connectivity index (χ3n) is 6.00. The van der Waals surface area contributed by atoms with Crippen molar-refractivity contribution in [3.63, 3.8) is 0 Å². The van der Waals surface area contributed by atoms with Gasteiger partial charge in [0.2, 0.25) is 0 Å². The van der Waals surface area contributed by atoms with Gasteiger partial charge in [0.05, 0.1) is 12.5 Å². The molecule has 0 radical (unpaired) electrons. The first-order valence-electron chi connectivity index (χ1n) is 13.3. The fraction of sp³-hybridized carbons (Fsp3) is 0.857. The van der Waals surface area contributed by atoms with E-state index in [1.807, 2.05) is 0 Å². The Morgan fingerprint density at radius 3 is 1.10 bits per heavy atom. The molecule has 0 fully saturated rings. The Bertz CT molecular complexity index is 320. The maximum absolute atomic E-state index is 4.97. The van der Waals surface area contributed by atoms with Gasteiger partial charge in [-0.1, -0.05) is 148 Å². The lowest BCUT2D eigenvalue weighted by Gasteiger charge is -2.04. The molecule has 1 heteroatoms. The molecular weight excluding hydrogens is 352 g/mol. The highest BCUT2D eigenvalue weighted by Crippen LogP contribution is 2.15. The molecule has 29 heavy (non-hydrogen) atoms. The minimum absolute atomic E-state index is 1.13. The summed E-state index contributed by atoms with van der Waals surface area (Å²) in [6.07, 6.45) is 38.2. The van der Waals surface area contributed by atoms with Crippen molar-refractivity contribution in [2.45, 2.75) is 155 Å². The Morgan fingerprint density at radius 2 is 0.793 bits per heavy atom. The summed E-state index contributed by atoms with van der Waals surface area (Å²) in [6.45, 7) is 5.82. The summed E-state index contributed by atoms with van der Waals surface area (Å²) in [7, 11) is 0. The molecule has 0 unspecified atom stereocenters. The molecule has 0 rings (SSSR count). The van der Waals surface area contributed by atoms with Crippen LogP contribution < -0.4 is 0 Å². The van der Waals surface area contributed by atoms with Crippen LogP contribution in [0.4, 0.5) is 0 Å². The molecule has 0 aromatic heterocycles. The quantitative estimate of drug-likeness (QED) is 0.108. The van der Waals surface area contributed by atoms with Crippen molar-refractivity contribution in [2.75, 3.05) is 0 Å². The minimum atomic E-state index is 1.13. The van der Waals surface area contributed by atoms with E-state index in [0.717, 1.165) is 6.42 Å². The zero-order chi connectivity index (χ0) is 21.1. The number of hydrogen-bond donors (Lipinski definition) is 0. The van der Waals surface area contributed by atoms with E-state index in [4.69, 9.17) is 4.74 Å². The van der Waals surface area contributed by atoms with E-state index in [1.54, 1.807) is 6.26 Å². The van der Waals surface area contributed by atoms with Crippen LogP contribution in [0.15, 0.2) is 25.2 Å². The van der Waals surface area contributed by atoms with Gasteiger partial charge in [0, 0.05) is 0 Å². The fourth-order valence-corrected chi connectivity index (χ4v) is 4.05. The van der Waals surface area contributed by atoms with Gasteiger partial charge in [-0.15, -0.1) is 0 Å². The summed E-state index contributed by atoms with van der Waals surface area (Å²) in [4.78, 5) is 0. The molecule has 0 aromatic rings. The van der Waals surface area contributed by atoms with Crippen LogP contribution in [-0.2, 0) is 4.74 Å². The normalized spacial score (nSPS) is 11.3. The number of hydrogen-bond acceptors (Lipinski definition) is 1. The smallest absolute Gasteiger partial charge is 0.0861 e. The predicted molar refractivity (Wildman–Crippen MR) is 132 cm³/mol. The zero-order valence-corrected chi connectivity index (χ0v) is 20.1. The van der Waals surface area contributed by atoms with Crippen LogP contribution >= 0.6 is 0 Å². The van der Waals surface area contributed by atoms with E-state index >= 15 is 0 Å². The van der Waals surface area contributed by atoms with Gasteiger partial charge in [0.1, 0.15) is 0 Å². The molecule has 0 bridgehead atoms. The van der Waals surface area contributed by atoms with Gasteiger partial charge < -0.3 is 4.74 Å². The predicted octanol–water partition coefficient (Wildman–Crippen LogP) is 10.7. The highest BCUT2D eigenvalue weighted by molar-refractivity contribution is 4.75. The van der Waals surface area contributed by atoms with Gasteiger partial charge in [0.25, 0.3) is 0 Å². The Balaban J connectivity index is 3.01. The van der Waals surface area contributed by atoms with Gasteiger partial charge in [-0.3, -0.25) is 0 Å². The molecule has 0 saturated heterocycles. The third kappa shape index (κ3) is 27.3. The SMILES string of the molecule is C=COC=CCCCCCCCCCCCCCCCCCCCCCCCC. The molecule has 0 N–H and O–H groups in total. The van der Waals surface area contributed by atoms with Crippen molar-refractivity contribution in [2.24, 2.45) is 0 Å². The van der Waals surface area contributed by atoms with Crippen molar-refractivity contribution in [1.82, 2.24) is 0 Å². The monoisotopic (exact) mass is 406 g/mol. The first kappa shape index (κ1) is 28.3. The summed E-state index contributed by atoms with van der Waals surface area (Å²) in [5.41, 5.74) is 0. The molecule has 0 amide bonds. The number of allylic oxidation sites excluding steroid dienone is 1. The highest BCUT2D eigenvalue weighted by Gasteiger charge is 1.95. The second-order valence-corrected chi connectivity index (χ2v) is 8.89. The molecule has 0 aliphatic carbocycles. The second kappa shape index (κ2) is 27.3. The van der Waals surface area contributed by atoms with Gasteiger partial charge in [-0.05, 0) is 18.9 Å². The van der Waals surface area contributed by atoms with Crippen LogP contribution in [0.2, 0.25) is 0 Å². The summed E-state index contributed by atoms with van der Waals surface area (Å²) < 4.78 is 4.97. The first-order valence-corrected chi connectivity index (χ1v) is 13.3. The lowest BCUT2D eigenvalue weighted by molar-refractivity contribution is 0.402. The van der Waals surface area contributed by atoms with Crippen LogP contribution in [0.1, 0.15) is 155 Å². The van der Waals surface area contributed by atoms with Gasteiger partial charge in [0.15, 0.2) is 0 Å². The minimum Gasteiger partial charge on any atom is -0.474 e. The highest BCUT2D eigenvalue weighted by atomic mass is 16.5. The molecule has 0 heterocycles. The Kier molecular flexibility index (Phi) is 26.6. The van der Waals surface area contributed by atoms with E-state index in [-0.39, 0.29) is 0 Å². The zero-order valence-electron chi connectivity index (χ0n) is 20.1. The van der Waals surface area contributed by atoms with Crippen molar-refractivity contribution >= 4 is 0 Å². The van der Waals surface area contributed by atoms with Crippen molar-refractivity contribution < 1.29 is 4.74 Å². The molecular formula is C28H54O. The van der Waals surface area contributed by atoms with Gasteiger partial charge in [-0.2, -0.15) is 0 Å². The molecule has 1 nitrogen and oxygen atoms in total. The van der Waals surface area contributed by atoms with E-state index < -0.39 is 0 Å². The number of rotatable bonds is 25. The molecule has 0 aliphatic heterocycles. The van der Waals surface area contributed by atoms with Crippen LogP contribution in [0.5, 0.6) is 0 Å². The van der Waals surface area contributed by atoms with Gasteiger partial charge in [-0.25, -0.2) is 0 Å². The van der Waals surface area contributed by atoms with Crippen LogP contribution in [0.3, 0.4) is 0 Å². The molecule has 0 spiro atoms. The van der Waals surface area contributed by atoms with Crippen LogP contribution in [-0.4, -0.2) is 0 Å². The Labute approximate surface area is 184 Å². The molecule has 0 atom stereocenters. The maximum atomic E-state index is 4.97. The molecule has 0 aliphatic rings. The van der Waals surface area contributed by atoms with E-state index in [9.17, 15) is 0 Å². The second-order valence-electron chi connectivity index (χ2n) is 8.89. The molecule has 172 valence electrons. The maximum Gasteiger partial charge on any atom is 0.0861 e. The van der Waals surface area contributed by atoms with E-state index in [1.165, 1.54) is 148 Å². The van der Waals surface area contributed by atoms with Crippen LogP contribution in [0, 0.1) is 0 Å². The topological polar surface area (TPSA) is 9.23 Å². The lowest BCUT2D eigenvalue weighted by Crippen LogP contribution is -1.84. The summed E-state index contributed by atoms with van der Waals surface area (Å²) >= 11 is 0. The Hall–Kier alpha value is -0.720. The average molecular weight is 407 g/mol.